The second-order valence-corrected chi connectivity index (χ2v) is 5.87. The van der Waals surface area contributed by atoms with Gasteiger partial charge in [-0.1, -0.05) is 24.3 Å². The summed E-state index contributed by atoms with van der Waals surface area (Å²) in [4.78, 5) is 16.6. The largest absolute Gasteiger partial charge is 0.347 e. The number of aromatic nitrogens is 1. The second-order valence-electron chi connectivity index (χ2n) is 5.02. The molecule has 1 fully saturated rings. The Bertz CT molecular complexity index is 617. The lowest BCUT2D eigenvalue weighted by Gasteiger charge is -2.09. The molecule has 2 heterocycles. The Morgan fingerprint density at radius 1 is 1.45 bits per heavy atom. The quantitative estimate of drug-likeness (QED) is 0.910. The summed E-state index contributed by atoms with van der Waals surface area (Å²) in [6.07, 6.45) is 0.987. The van der Waals surface area contributed by atoms with Crippen LogP contribution in [0.2, 0.25) is 0 Å². The van der Waals surface area contributed by atoms with Crippen molar-refractivity contribution in [1.29, 1.82) is 0 Å². The smallest absolute Gasteiger partial charge is 0.271 e. The maximum Gasteiger partial charge on any atom is 0.271 e. The van der Waals surface area contributed by atoms with E-state index in [0.29, 0.717) is 5.69 Å². The van der Waals surface area contributed by atoms with Gasteiger partial charge in [0, 0.05) is 23.5 Å². The van der Waals surface area contributed by atoms with Crippen molar-refractivity contribution in [2.24, 2.45) is 0 Å². The van der Waals surface area contributed by atoms with Gasteiger partial charge in [-0.15, -0.1) is 11.3 Å². The van der Waals surface area contributed by atoms with E-state index in [1.165, 1.54) is 16.9 Å². The molecule has 2 aromatic rings. The Labute approximate surface area is 122 Å². The average Bonchev–Trinajstić information content (AvgIpc) is 3.10. The van der Waals surface area contributed by atoms with Gasteiger partial charge in [-0.05, 0) is 25.5 Å². The molecule has 1 aliphatic rings. The molecule has 104 valence electrons. The van der Waals surface area contributed by atoms with Crippen LogP contribution < -0.4 is 10.6 Å². The van der Waals surface area contributed by atoms with E-state index in [1.54, 1.807) is 0 Å². The summed E-state index contributed by atoms with van der Waals surface area (Å²) in [5.41, 5.74) is 2.79. The van der Waals surface area contributed by atoms with Crippen LogP contribution in [0.25, 0.3) is 10.6 Å². The van der Waals surface area contributed by atoms with Crippen molar-refractivity contribution < 1.29 is 4.79 Å². The molecule has 1 amide bonds. The number of amides is 1. The van der Waals surface area contributed by atoms with Gasteiger partial charge in [0.25, 0.3) is 5.91 Å². The zero-order valence-electron chi connectivity index (χ0n) is 11.3. The van der Waals surface area contributed by atoms with Crippen molar-refractivity contribution in [2.75, 3.05) is 13.1 Å². The molecule has 0 radical (unpaired) electrons. The SMILES string of the molecule is Cc1ccccc1-c1nc(C(=O)NC2CCNC2)cs1. The fourth-order valence-corrected chi connectivity index (χ4v) is 3.24. The van der Waals surface area contributed by atoms with Crippen molar-refractivity contribution in [1.82, 2.24) is 15.6 Å². The first kappa shape index (κ1) is 13.3. The number of rotatable bonds is 3. The minimum absolute atomic E-state index is 0.0743. The van der Waals surface area contributed by atoms with Crippen molar-refractivity contribution in [3.05, 3.63) is 40.9 Å². The lowest BCUT2D eigenvalue weighted by Crippen LogP contribution is -2.36. The molecule has 20 heavy (non-hydrogen) atoms. The third kappa shape index (κ3) is 2.73. The van der Waals surface area contributed by atoms with Crippen LogP contribution in [0.15, 0.2) is 29.6 Å². The van der Waals surface area contributed by atoms with E-state index >= 15 is 0 Å². The Morgan fingerprint density at radius 3 is 3.05 bits per heavy atom. The van der Waals surface area contributed by atoms with E-state index < -0.39 is 0 Å². The molecular weight excluding hydrogens is 270 g/mol. The molecule has 1 aliphatic heterocycles. The number of hydrogen-bond donors (Lipinski definition) is 2. The van der Waals surface area contributed by atoms with E-state index in [1.807, 2.05) is 23.6 Å². The molecule has 0 saturated carbocycles. The third-order valence-electron chi connectivity index (χ3n) is 3.51. The van der Waals surface area contributed by atoms with Gasteiger partial charge < -0.3 is 10.6 Å². The lowest BCUT2D eigenvalue weighted by atomic mass is 10.1. The summed E-state index contributed by atoms with van der Waals surface area (Å²) >= 11 is 1.52. The van der Waals surface area contributed by atoms with E-state index in [0.717, 1.165) is 30.1 Å². The van der Waals surface area contributed by atoms with Gasteiger partial charge in [-0.2, -0.15) is 0 Å². The van der Waals surface area contributed by atoms with E-state index in [2.05, 4.69) is 28.6 Å². The average molecular weight is 287 g/mol. The van der Waals surface area contributed by atoms with Crippen LogP contribution in [0.3, 0.4) is 0 Å². The third-order valence-corrected chi connectivity index (χ3v) is 4.38. The fraction of sp³-hybridized carbons (Fsp3) is 0.333. The molecule has 1 aromatic heterocycles. The summed E-state index contributed by atoms with van der Waals surface area (Å²) in [5, 5.41) is 8.99. The minimum Gasteiger partial charge on any atom is -0.347 e. The van der Waals surface area contributed by atoms with Crippen molar-refractivity contribution in [3.63, 3.8) is 0 Å². The fourth-order valence-electron chi connectivity index (χ4n) is 2.35. The molecule has 0 bridgehead atoms. The number of benzene rings is 1. The zero-order chi connectivity index (χ0) is 13.9. The molecule has 1 unspecified atom stereocenters. The Kier molecular flexibility index (Phi) is 3.80. The van der Waals surface area contributed by atoms with E-state index in [9.17, 15) is 4.79 Å². The highest BCUT2D eigenvalue weighted by atomic mass is 32.1. The van der Waals surface area contributed by atoms with E-state index in [-0.39, 0.29) is 11.9 Å². The Hall–Kier alpha value is -1.72. The predicted octanol–water partition coefficient (Wildman–Crippen LogP) is 2.21. The van der Waals surface area contributed by atoms with Crippen LogP contribution >= 0.6 is 11.3 Å². The molecular formula is C15H17N3OS. The first-order valence-corrected chi connectivity index (χ1v) is 7.65. The first-order valence-electron chi connectivity index (χ1n) is 6.77. The van der Waals surface area contributed by atoms with Gasteiger partial charge in [0.15, 0.2) is 0 Å². The number of nitrogens with one attached hydrogen (secondary N) is 2. The molecule has 1 atom stereocenters. The number of carbonyl (C=O) groups excluding carboxylic acids is 1. The van der Waals surface area contributed by atoms with Gasteiger partial charge in [-0.3, -0.25) is 4.79 Å². The maximum absolute atomic E-state index is 12.1. The van der Waals surface area contributed by atoms with Gasteiger partial charge in [0.2, 0.25) is 0 Å². The summed E-state index contributed by atoms with van der Waals surface area (Å²) in [7, 11) is 0. The van der Waals surface area contributed by atoms with Gasteiger partial charge in [-0.25, -0.2) is 4.98 Å². The highest BCUT2D eigenvalue weighted by Gasteiger charge is 2.19. The number of thiazole rings is 1. The van der Waals surface area contributed by atoms with Crippen LogP contribution in [-0.4, -0.2) is 30.0 Å². The zero-order valence-corrected chi connectivity index (χ0v) is 12.2. The number of nitrogens with zero attached hydrogens (tertiary/aromatic N) is 1. The standard InChI is InChI=1S/C15H17N3OS/c1-10-4-2-3-5-12(10)15-18-13(9-20-15)14(19)17-11-6-7-16-8-11/h2-5,9,11,16H,6-8H2,1H3,(H,17,19). The highest BCUT2D eigenvalue weighted by Crippen LogP contribution is 2.26. The monoisotopic (exact) mass is 287 g/mol. The van der Waals surface area contributed by atoms with Crippen molar-refractivity contribution >= 4 is 17.2 Å². The number of aryl methyl sites for hydroxylation is 1. The first-order chi connectivity index (χ1) is 9.74. The van der Waals surface area contributed by atoms with Crippen LogP contribution in [-0.2, 0) is 0 Å². The lowest BCUT2D eigenvalue weighted by molar-refractivity contribution is 0.0936. The molecule has 4 nitrogen and oxygen atoms in total. The van der Waals surface area contributed by atoms with Gasteiger partial charge in [0.05, 0.1) is 0 Å². The normalized spacial score (nSPS) is 18.1. The van der Waals surface area contributed by atoms with E-state index in [4.69, 9.17) is 0 Å². The highest BCUT2D eigenvalue weighted by molar-refractivity contribution is 7.13. The molecule has 0 spiro atoms. The Balaban J connectivity index is 1.76. The van der Waals surface area contributed by atoms with Gasteiger partial charge >= 0.3 is 0 Å². The summed E-state index contributed by atoms with van der Waals surface area (Å²) in [6.45, 7) is 3.87. The molecule has 2 N–H and O–H groups in total. The van der Waals surface area contributed by atoms with Crippen LogP contribution in [0, 0.1) is 6.92 Å². The maximum atomic E-state index is 12.1. The number of hydrogen-bond acceptors (Lipinski definition) is 4. The second kappa shape index (κ2) is 5.73. The predicted molar refractivity (Wildman–Crippen MR) is 81.0 cm³/mol. The van der Waals surface area contributed by atoms with Crippen molar-refractivity contribution in [3.8, 4) is 10.6 Å². The molecule has 0 aliphatic carbocycles. The topological polar surface area (TPSA) is 54.0 Å². The molecule has 5 heteroatoms. The molecule has 1 aromatic carbocycles. The molecule has 1 saturated heterocycles. The summed E-state index contributed by atoms with van der Waals surface area (Å²) in [5.74, 6) is -0.0743. The van der Waals surface area contributed by atoms with Crippen LogP contribution in [0.5, 0.6) is 0 Å². The number of carbonyl (C=O) groups is 1. The summed E-state index contributed by atoms with van der Waals surface area (Å²) in [6, 6.07) is 8.32. The Morgan fingerprint density at radius 2 is 2.30 bits per heavy atom. The van der Waals surface area contributed by atoms with Crippen LogP contribution in [0.4, 0.5) is 0 Å². The summed E-state index contributed by atoms with van der Waals surface area (Å²) < 4.78 is 0. The van der Waals surface area contributed by atoms with Crippen molar-refractivity contribution in [2.45, 2.75) is 19.4 Å². The minimum atomic E-state index is -0.0743. The molecule has 3 rings (SSSR count). The van der Waals surface area contributed by atoms with Crippen LogP contribution in [0.1, 0.15) is 22.5 Å². The van der Waals surface area contributed by atoms with Gasteiger partial charge in [0.1, 0.15) is 10.7 Å².